The summed E-state index contributed by atoms with van der Waals surface area (Å²) >= 11 is 0. The predicted molar refractivity (Wildman–Crippen MR) is 50.4 cm³/mol. The van der Waals surface area contributed by atoms with E-state index in [1.165, 1.54) is 11.1 Å². The van der Waals surface area contributed by atoms with Crippen molar-refractivity contribution in [1.82, 2.24) is 0 Å². The lowest BCUT2D eigenvalue weighted by Gasteiger charge is -2.14. The molecule has 0 nitrogen and oxygen atoms in total. The third-order valence-electron chi connectivity index (χ3n) is 1.81. The minimum Gasteiger partial charge on any atom is -0.0721 e. The van der Waals surface area contributed by atoms with Gasteiger partial charge >= 0.3 is 0 Å². The molecule has 11 heavy (non-hydrogen) atoms. The molecular formula is C11H16. The normalized spacial score (nSPS) is 22.2. The predicted octanol–water partition coefficient (Wildman–Crippen LogP) is 3.48. The van der Waals surface area contributed by atoms with Crippen LogP contribution in [0.25, 0.3) is 0 Å². The molecule has 0 heterocycles. The SMILES string of the molecule is CC1=CC(C)(C)C=C(C)C=C1. The summed E-state index contributed by atoms with van der Waals surface area (Å²) in [7, 11) is 0. The van der Waals surface area contributed by atoms with Gasteiger partial charge in [-0.2, -0.15) is 0 Å². The zero-order valence-electron chi connectivity index (χ0n) is 7.81. The van der Waals surface area contributed by atoms with Gasteiger partial charge in [0.1, 0.15) is 0 Å². The van der Waals surface area contributed by atoms with Gasteiger partial charge in [0.25, 0.3) is 0 Å². The van der Waals surface area contributed by atoms with Crippen molar-refractivity contribution < 1.29 is 0 Å². The summed E-state index contributed by atoms with van der Waals surface area (Å²) in [5.41, 5.74) is 2.92. The van der Waals surface area contributed by atoms with Gasteiger partial charge in [-0.1, -0.05) is 49.3 Å². The number of hydrogen-bond donors (Lipinski definition) is 0. The van der Waals surface area contributed by atoms with E-state index in [-0.39, 0.29) is 5.41 Å². The van der Waals surface area contributed by atoms with Crippen molar-refractivity contribution in [3.8, 4) is 0 Å². The summed E-state index contributed by atoms with van der Waals surface area (Å²) in [5, 5.41) is 0. The van der Waals surface area contributed by atoms with Gasteiger partial charge in [-0.3, -0.25) is 0 Å². The second kappa shape index (κ2) is 2.69. The van der Waals surface area contributed by atoms with Crippen LogP contribution >= 0.6 is 0 Å². The van der Waals surface area contributed by atoms with Gasteiger partial charge in [0.05, 0.1) is 0 Å². The fourth-order valence-corrected chi connectivity index (χ4v) is 1.57. The molecule has 0 saturated carbocycles. The summed E-state index contributed by atoms with van der Waals surface area (Å²) in [6, 6.07) is 0. The molecule has 1 aliphatic carbocycles. The van der Waals surface area contributed by atoms with Crippen molar-refractivity contribution in [2.45, 2.75) is 27.7 Å². The Kier molecular flexibility index (Phi) is 2.03. The van der Waals surface area contributed by atoms with Crippen molar-refractivity contribution in [2.24, 2.45) is 5.41 Å². The average molecular weight is 148 g/mol. The van der Waals surface area contributed by atoms with E-state index < -0.39 is 0 Å². The van der Waals surface area contributed by atoms with Crippen molar-refractivity contribution in [1.29, 1.82) is 0 Å². The van der Waals surface area contributed by atoms with E-state index in [9.17, 15) is 0 Å². The highest BCUT2D eigenvalue weighted by Gasteiger charge is 2.12. The van der Waals surface area contributed by atoms with Crippen LogP contribution < -0.4 is 0 Å². The smallest absolute Gasteiger partial charge is 0.00158 e. The Balaban J connectivity index is 3.03. The maximum Gasteiger partial charge on any atom is 0.00158 e. The Morgan fingerprint density at radius 2 is 1.27 bits per heavy atom. The van der Waals surface area contributed by atoms with Crippen molar-refractivity contribution in [3.05, 3.63) is 35.5 Å². The molecule has 0 heteroatoms. The van der Waals surface area contributed by atoms with Crippen LogP contribution in [-0.2, 0) is 0 Å². The molecule has 0 bridgehead atoms. The fraction of sp³-hybridized carbons (Fsp3) is 0.455. The van der Waals surface area contributed by atoms with Crippen LogP contribution in [0.1, 0.15) is 27.7 Å². The average Bonchev–Trinajstić information content (AvgIpc) is 1.89. The van der Waals surface area contributed by atoms with Crippen LogP contribution in [0, 0.1) is 5.41 Å². The van der Waals surface area contributed by atoms with Crippen LogP contribution in [-0.4, -0.2) is 0 Å². The van der Waals surface area contributed by atoms with E-state index in [2.05, 4.69) is 52.0 Å². The number of rotatable bonds is 0. The zero-order valence-corrected chi connectivity index (χ0v) is 7.81. The first-order valence-corrected chi connectivity index (χ1v) is 4.07. The maximum atomic E-state index is 2.29. The summed E-state index contributed by atoms with van der Waals surface area (Å²) in [5.74, 6) is 0. The Bertz CT molecular complexity index is 213. The van der Waals surface area contributed by atoms with E-state index in [1.807, 2.05) is 0 Å². The Morgan fingerprint density at radius 3 is 1.64 bits per heavy atom. The van der Waals surface area contributed by atoms with Gasteiger partial charge in [0.15, 0.2) is 0 Å². The molecule has 0 aromatic heterocycles. The molecule has 0 fully saturated rings. The first-order chi connectivity index (χ1) is 4.99. The largest absolute Gasteiger partial charge is 0.0721 e. The summed E-state index contributed by atoms with van der Waals surface area (Å²) in [6.07, 6.45) is 8.92. The quantitative estimate of drug-likeness (QED) is 0.493. The van der Waals surface area contributed by atoms with Gasteiger partial charge in [0.2, 0.25) is 0 Å². The van der Waals surface area contributed by atoms with Crippen molar-refractivity contribution in [2.75, 3.05) is 0 Å². The van der Waals surface area contributed by atoms with E-state index in [0.29, 0.717) is 0 Å². The van der Waals surface area contributed by atoms with E-state index in [4.69, 9.17) is 0 Å². The van der Waals surface area contributed by atoms with Gasteiger partial charge in [-0.15, -0.1) is 0 Å². The van der Waals surface area contributed by atoms with E-state index >= 15 is 0 Å². The lowest BCUT2D eigenvalue weighted by atomic mass is 9.90. The van der Waals surface area contributed by atoms with Crippen LogP contribution in [0.2, 0.25) is 0 Å². The first kappa shape index (κ1) is 8.32. The molecule has 0 spiro atoms. The topological polar surface area (TPSA) is 0 Å². The second-order valence-corrected chi connectivity index (χ2v) is 3.93. The van der Waals surface area contributed by atoms with Gasteiger partial charge in [0, 0.05) is 5.41 Å². The standard InChI is InChI=1S/C11H16/c1-9-5-6-10(2)8-11(3,4)7-9/h5-8H,1-4H3. The molecule has 0 aromatic rings. The molecule has 0 radical (unpaired) electrons. The van der Waals surface area contributed by atoms with Crippen LogP contribution in [0.5, 0.6) is 0 Å². The van der Waals surface area contributed by atoms with Crippen LogP contribution in [0.15, 0.2) is 35.5 Å². The lowest BCUT2D eigenvalue weighted by Crippen LogP contribution is -2.02. The fourth-order valence-electron chi connectivity index (χ4n) is 1.57. The monoisotopic (exact) mass is 148 g/mol. The van der Waals surface area contributed by atoms with Crippen molar-refractivity contribution in [3.63, 3.8) is 0 Å². The highest BCUT2D eigenvalue weighted by molar-refractivity contribution is 5.33. The number of allylic oxidation sites excluding steroid dienone is 6. The van der Waals surface area contributed by atoms with E-state index in [0.717, 1.165) is 0 Å². The molecule has 0 N–H and O–H groups in total. The Hall–Kier alpha value is -0.780. The highest BCUT2D eigenvalue weighted by Crippen LogP contribution is 2.26. The lowest BCUT2D eigenvalue weighted by molar-refractivity contribution is 0.620. The first-order valence-electron chi connectivity index (χ1n) is 4.07. The summed E-state index contributed by atoms with van der Waals surface area (Å²) in [4.78, 5) is 0. The highest BCUT2D eigenvalue weighted by atomic mass is 14.2. The summed E-state index contributed by atoms with van der Waals surface area (Å²) in [6.45, 7) is 8.75. The van der Waals surface area contributed by atoms with Gasteiger partial charge in [-0.05, 0) is 13.8 Å². The molecule has 1 aliphatic rings. The van der Waals surface area contributed by atoms with E-state index in [1.54, 1.807) is 0 Å². The molecule has 0 atom stereocenters. The molecule has 60 valence electrons. The minimum absolute atomic E-state index is 0.220. The molecule has 0 saturated heterocycles. The zero-order chi connectivity index (χ0) is 8.48. The molecule has 0 amide bonds. The maximum absolute atomic E-state index is 2.29. The summed E-state index contributed by atoms with van der Waals surface area (Å²) < 4.78 is 0. The third kappa shape index (κ3) is 2.38. The molecule has 0 unspecified atom stereocenters. The molecular weight excluding hydrogens is 132 g/mol. The minimum atomic E-state index is 0.220. The van der Waals surface area contributed by atoms with Gasteiger partial charge in [-0.25, -0.2) is 0 Å². The second-order valence-electron chi connectivity index (χ2n) is 3.93. The molecule has 0 aliphatic heterocycles. The Labute approximate surface area is 69.3 Å². The molecule has 1 rings (SSSR count). The van der Waals surface area contributed by atoms with Gasteiger partial charge < -0.3 is 0 Å². The third-order valence-corrected chi connectivity index (χ3v) is 1.81. The van der Waals surface area contributed by atoms with Crippen LogP contribution in [0.3, 0.4) is 0 Å². The van der Waals surface area contributed by atoms with Crippen LogP contribution in [0.4, 0.5) is 0 Å². The Morgan fingerprint density at radius 1 is 0.909 bits per heavy atom. The number of hydrogen-bond acceptors (Lipinski definition) is 0. The molecule has 0 aromatic carbocycles. The van der Waals surface area contributed by atoms with Crippen molar-refractivity contribution >= 4 is 0 Å².